The van der Waals surface area contributed by atoms with Gasteiger partial charge in [-0.15, -0.1) is 5.10 Å². The van der Waals surface area contributed by atoms with Crippen LogP contribution in [0.2, 0.25) is 0 Å². The number of carbonyl (C=O) groups excluding carboxylic acids is 1. The first kappa shape index (κ1) is 17.6. The summed E-state index contributed by atoms with van der Waals surface area (Å²) < 4.78 is 39.8. The van der Waals surface area contributed by atoms with Crippen LogP contribution in [-0.4, -0.2) is 25.9 Å². The van der Waals surface area contributed by atoms with Crippen LogP contribution in [0, 0.1) is 6.92 Å². The summed E-state index contributed by atoms with van der Waals surface area (Å²) in [7, 11) is 0. The van der Waals surface area contributed by atoms with Crippen molar-refractivity contribution in [1.29, 1.82) is 0 Å². The highest BCUT2D eigenvalue weighted by atomic mass is 19.4. The van der Waals surface area contributed by atoms with E-state index >= 15 is 0 Å². The Morgan fingerprint density at radius 1 is 1.19 bits per heavy atom. The second-order valence-corrected chi connectivity index (χ2v) is 5.49. The van der Waals surface area contributed by atoms with Crippen LogP contribution in [0.25, 0.3) is 5.69 Å². The second-order valence-electron chi connectivity index (χ2n) is 5.49. The number of halogens is 3. The molecule has 1 amide bonds. The number of aromatic nitrogens is 4. The number of amides is 1. The fourth-order valence-electron chi connectivity index (χ4n) is 2.36. The third kappa shape index (κ3) is 3.71. The van der Waals surface area contributed by atoms with Crippen molar-refractivity contribution in [3.05, 3.63) is 71.3 Å². The molecule has 0 fully saturated rings. The molecule has 0 spiro atoms. The van der Waals surface area contributed by atoms with Gasteiger partial charge in [0.1, 0.15) is 0 Å². The summed E-state index contributed by atoms with van der Waals surface area (Å²) in [5, 5.41) is 10.3. The maximum atomic E-state index is 12.9. The summed E-state index contributed by atoms with van der Waals surface area (Å²) in [6.45, 7) is 1.77. The fraction of sp³-hybridized carbons (Fsp3) is 0.176. The number of nitrogens with zero attached hydrogens (tertiary/aromatic N) is 4. The number of rotatable bonds is 4. The number of pyridine rings is 1. The van der Waals surface area contributed by atoms with Crippen molar-refractivity contribution in [1.82, 2.24) is 25.3 Å². The average Bonchev–Trinajstić information content (AvgIpc) is 3.01. The Morgan fingerprint density at radius 2 is 2.00 bits per heavy atom. The lowest BCUT2D eigenvalue weighted by Crippen LogP contribution is -2.24. The maximum absolute atomic E-state index is 12.9. The van der Waals surface area contributed by atoms with Gasteiger partial charge in [0.25, 0.3) is 5.91 Å². The van der Waals surface area contributed by atoms with Gasteiger partial charge in [0.2, 0.25) is 0 Å². The molecular weight excluding hydrogens is 347 g/mol. The minimum absolute atomic E-state index is 0.0401. The zero-order chi connectivity index (χ0) is 18.7. The molecule has 0 saturated heterocycles. The van der Waals surface area contributed by atoms with Crippen molar-refractivity contribution in [2.24, 2.45) is 0 Å². The first-order valence-corrected chi connectivity index (χ1v) is 7.64. The van der Waals surface area contributed by atoms with Gasteiger partial charge in [-0.05, 0) is 37.3 Å². The summed E-state index contributed by atoms with van der Waals surface area (Å²) in [6, 6.07) is 9.98. The number of nitrogens with one attached hydrogen (secondary N) is 1. The zero-order valence-corrected chi connectivity index (χ0v) is 13.7. The van der Waals surface area contributed by atoms with Crippen molar-refractivity contribution >= 4 is 5.91 Å². The summed E-state index contributed by atoms with van der Waals surface area (Å²) in [5.74, 6) is -0.480. The maximum Gasteiger partial charge on any atom is 0.416 e. The molecule has 0 aliphatic carbocycles. The molecule has 2 heterocycles. The Balaban J connectivity index is 1.81. The Kier molecular flexibility index (Phi) is 4.70. The van der Waals surface area contributed by atoms with Crippen molar-refractivity contribution < 1.29 is 18.0 Å². The highest BCUT2D eigenvalue weighted by Crippen LogP contribution is 2.30. The van der Waals surface area contributed by atoms with E-state index in [1.165, 1.54) is 16.8 Å². The van der Waals surface area contributed by atoms with E-state index in [4.69, 9.17) is 0 Å². The van der Waals surface area contributed by atoms with E-state index in [1.54, 1.807) is 31.3 Å². The van der Waals surface area contributed by atoms with Gasteiger partial charge in [0, 0.05) is 6.20 Å². The quantitative estimate of drug-likeness (QED) is 0.776. The number of benzene rings is 1. The molecule has 3 rings (SSSR count). The largest absolute Gasteiger partial charge is 0.416 e. The highest BCUT2D eigenvalue weighted by Gasteiger charge is 2.31. The molecule has 0 bridgehead atoms. The predicted molar refractivity (Wildman–Crippen MR) is 86.5 cm³/mol. The molecule has 9 heteroatoms. The second kappa shape index (κ2) is 6.95. The van der Waals surface area contributed by atoms with Gasteiger partial charge in [-0.3, -0.25) is 9.78 Å². The van der Waals surface area contributed by atoms with Crippen molar-refractivity contribution in [2.45, 2.75) is 19.6 Å². The van der Waals surface area contributed by atoms with E-state index in [-0.39, 0.29) is 17.9 Å². The lowest BCUT2D eigenvalue weighted by Gasteiger charge is -2.09. The first-order chi connectivity index (χ1) is 12.4. The molecular formula is C17H14F3N5O. The minimum atomic E-state index is -4.46. The average molecular weight is 361 g/mol. The van der Waals surface area contributed by atoms with Gasteiger partial charge >= 0.3 is 6.18 Å². The SMILES string of the molecule is Cc1c(C(=O)NCc2ccccn2)nnn1-c1cccc(C(F)(F)F)c1. The molecule has 0 unspecified atom stereocenters. The number of alkyl halides is 3. The van der Waals surface area contributed by atoms with Gasteiger partial charge in [-0.25, -0.2) is 4.68 Å². The third-order valence-corrected chi connectivity index (χ3v) is 3.68. The smallest absolute Gasteiger partial charge is 0.345 e. The first-order valence-electron chi connectivity index (χ1n) is 7.64. The molecule has 1 aromatic carbocycles. The van der Waals surface area contributed by atoms with E-state index in [0.717, 1.165) is 12.1 Å². The van der Waals surface area contributed by atoms with E-state index in [0.29, 0.717) is 11.4 Å². The van der Waals surface area contributed by atoms with Crippen LogP contribution < -0.4 is 5.32 Å². The molecule has 0 atom stereocenters. The van der Waals surface area contributed by atoms with E-state index in [2.05, 4.69) is 20.6 Å². The van der Waals surface area contributed by atoms with Gasteiger partial charge < -0.3 is 5.32 Å². The zero-order valence-electron chi connectivity index (χ0n) is 13.7. The molecule has 134 valence electrons. The topological polar surface area (TPSA) is 72.7 Å². The molecule has 0 aliphatic heterocycles. The number of hydrogen-bond donors (Lipinski definition) is 1. The van der Waals surface area contributed by atoms with Crippen LogP contribution in [0.4, 0.5) is 13.2 Å². The molecule has 3 aromatic rings. The Labute approximate surface area is 146 Å². The van der Waals surface area contributed by atoms with Crippen LogP contribution in [0.5, 0.6) is 0 Å². The molecule has 6 nitrogen and oxygen atoms in total. The summed E-state index contributed by atoms with van der Waals surface area (Å²) in [5.41, 5.74) is 0.421. The predicted octanol–water partition coefficient (Wildman–Crippen LogP) is 2.92. The Bertz CT molecular complexity index is 922. The van der Waals surface area contributed by atoms with Crippen LogP contribution in [0.3, 0.4) is 0 Å². The molecule has 2 aromatic heterocycles. The van der Waals surface area contributed by atoms with Crippen LogP contribution >= 0.6 is 0 Å². The minimum Gasteiger partial charge on any atom is -0.345 e. The molecule has 0 saturated carbocycles. The highest BCUT2D eigenvalue weighted by molar-refractivity contribution is 5.93. The number of carbonyl (C=O) groups is 1. The summed E-state index contributed by atoms with van der Waals surface area (Å²) in [6.07, 6.45) is -2.86. The van der Waals surface area contributed by atoms with Crippen LogP contribution in [-0.2, 0) is 12.7 Å². The van der Waals surface area contributed by atoms with E-state index in [9.17, 15) is 18.0 Å². The summed E-state index contributed by atoms with van der Waals surface area (Å²) in [4.78, 5) is 16.4. The fourth-order valence-corrected chi connectivity index (χ4v) is 2.36. The summed E-state index contributed by atoms with van der Waals surface area (Å²) >= 11 is 0. The van der Waals surface area contributed by atoms with Crippen LogP contribution in [0.15, 0.2) is 48.7 Å². The van der Waals surface area contributed by atoms with Gasteiger partial charge in [-0.1, -0.05) is 17.3 Å². The standard InChI is InChI=1S/C17H14F3N5O/c1-11-15(16(26)22-10-13-6-2-3-8-21-13)23-24-25(11)14-7-4-5-12(9-14)17(18,19)20/h2-9H,10H2,1H3,(H,22,26). The van der Waals surface area contributed by atoms with Crippen molar-refractivity contribution in [3.63, 3.8) is 0 Å². The molecule has 26 heavy (non-hydrogen) atoms. The molecule has 1 N–H and O–H groups in total. The van der Waals surface area contributed by atoms with Gasteiger partial charge in [0.15, 0.2) is 5.69 Å². The van der Waals surface area contributed by atoms with Gasteiger partial charge in [0.05, 0.1) is 29.2 Å². The van der Waals surface area contributed by atoms with Gasteiger partial charge in [-0.2, -0.15) is 13.2 Å². The monoisotopic (exact) mass is 361 g/mol. The van der Waals surface area contributed by atoms with E-state index < -0.39 is 17.6 Å². The van der Waals surface area contributed by atoms with Crippen molar-refractivity contribution in [2.75, 3.05) is 0 Å². The van der Waals surface area contributed by atoms with Crippen LogP contribution in [0.1, 0.15) is 27.4 Å². The molecule has 0 radical (unpaired) electrons. The Morgan fingerprint density at radius 3 is 2.69 bits per heavy atom. The Hall–Kier alpha value is -3.23. The molecule has 0 aliphatic rings. The van der Waals surface area contributed by atoms with E-state index in [1.807, 2.05) is 0 Å². The normalized spacial score (nSPS) is 11.4. The lowest BCUT2D eigenvalue weighted by atomic mass is 10.2. The lowest BCUT2D eigenvalue weighted by molar-refractivity contribution is -0.137. The number of hydrogen-bond acceptors (Lipinski definition) is 4. The third-order valence-electron chi connectivity index (χ3n) is 3.68. The van der Waals surface area contributed by atoms with Crippen molar-refractivity contribution in [3.8, 4) is 5.69 Å².